The summed E-state index contributed by atoms with van der Waals surface area (Å²) in [5, 5.41) is 1.81. The molecule has 1 aliphatic heterocycles. The molecule has 0 bridgehead atoms. The average molecular weight is 609 g/mol. The molecule has 3 amide bonds. The lowest BCUT2D eigenvalue weighted by molar-refractivity contribution is -0.154. The Bertz CT molecular complexity index is 1660. The second-order valence-electron chi connectivity index (χ2n) is 10.8. The van der Waals surface area contributed by atoms with Gasteiger partial charge in [-0.3, -0.25) is 19.2 Å². The third kappa shape index (κ3) is 5.82. The lowest BCUT2D eigenvalue weighted by atomic mass is 9.76. The number of rotatable bonds is 8. The van der Waals surface area contributed by atoms with Crippen LogP contribution in [-0.2, 0) is 19.7 Å². The molecule has 9 nitrogen and oxygen atoms in total. The van der Waals surface area contributed by atoms with Crippen LogP contribution in [0.15, 0.2) is 77.7 Å². The van der Waals surface area contributed by atoms with E-state index in [9.17, 15) is 27.6 Å². The van der Waals surface area contributed by atoms with Crippen molar-refractivity contribution in [1.29, 1.82) is 0 Å². The van der Waals surface area contributed by atoms with Gasteiger partial charge in [0, 0.05) is 5.56 Å². The molecular weight excluding hydrogens is 580 g/mol. The van der Waals surface area contributed by atoms with Gasteiger partial charge in [-0.1, -0.05) is 48.4 Å². The van der Waals surface area contributed by atoms with Gasteiger partial charge in [0.15, 0.2) is 5.78 Å². The Morgan fingerprint density at radius 2 is 1.57 bits per heavy atom. The topological polar surface area (TPSA) is 118 Å². The van der Waals surface area contributed by atoms with Gasteiger partial charge >= 0.3 is 10.1 Å². The highest BCUT2D eigenvalue weighted by molar-refractivity contribution is 7.87. The van der Waals surface area contributed by atoms with E-state index in [0.29, 0.717) is 12.8 Å². The van der Waals surface area contributed by atoms with E-state index in [4.69, 9.17) is 15.8 Å². The van der Waals surface area contributed by atoms with Crippen molar-refractivity contribution < 1.29 is 31.8 Å². The zero-order chi connectivity index (χ0) is 30.2. The number of aryl methyl sites for hydroxylation is 1. The van der Waals surface area contributed by atoms with Crippen LogP contribution in [0.1, 0.15) is 52.5 Å². The van der Waals surface area contributed by atoms with Crippen molar-refractivity contribution in [1.82, 2.24) is 10.0 Å². The Morgan fingerprint density at radius 3 is 2.24 bits per heavy atom. The fourth-order valence-electron chi connectivity index (χ4n) is 5.42. The number of imide groups is 1. The van der Waals surface area contributed by atoms with Gasteiger partial charge in [0.05, 0.1) is 22.4 Å². The van der Waals surface area contributed by atoms with E-state index in [0.717, 1.165) is 22.0 Å². The predicted molar refractivity (Wildman–Crippen MR) is 154 cm³/mol. The van der Waals surface area contributed by atoms with Crippen LogP contribution in [-0.4, -0.2) is 48.5 Å². The van der Waals surface area contributed by atoms with Gasteiger partial charge in [-0.05, 0) is 80.6 Å². The Hall–Kier alpha value is -4.02. The van der Waals surface area contributed by atoms with Gasteiger partial charge in [0.2, 0.25) is 0 Å². The molecule has 1 saturated heterocycles. The first kappa shape index (κ1) is 29.5. The molecule has 5 rings (SSSR count). The fraction of sp³-hybridized carbons (Fsp3) is 0.290. The summed E-state index contributed by atoms with van der Waals surface area (Å²) in [6, 6.07) is 17.7. The molecule has 0 unspecified atom stereocenters. The molecule has 1 heterocycles. The first-order chi connectivity index (χ1) is 20.0. The van der Waals surface area contributed by atoms with Gasteiger partial charge in [-0.15, -0.1) is 0 Å². The molecular formula is C31H29ClN2O7S. The van der Waals surface area contributed by atoms with Crippen LogP contribution in [0.5, 0.6) is 5.75 Å². The normalized spacial score (nSPS) is 20.3. The van der Waals surface area contributed by atoms with Crippen LogP contribution in [0.4, 0.5) is 0 Å². The Kier molecular flexibility index (Phi) is 8.21. The minimum absolute atomic E-state index is 0.0146. The Labute approximate surface area is 249 Å². The van der Waals surface area contributed by atoms with E-state index in [1.807, 2.05) is 13.8 Å². The van der Waals surface area contributed by atoms with E-state index in [1.165, 1.54) is 48.5 Å². The number of nitrogens with zero attached hydrogens (tertiary/aromatic N) is 2. The molecule has 0 aromatic heterocycles. The summed E-state index contributed by atoms with van der Waals surface area (Å²) in [5.74, 6) is -3.20. The highest BCUT2D eigenvalue weighted by atomic mass is 35.5. The summed E-state index contributed by atoms with van der Waals surface area (Å²) in [6.45, 7) is 3.24. The van der Waals surface area contributed by atoms with Crippen LogP contribution in [0, 0.1) is 24.7 Å². The number of hydrazine groups is 1. The molecule has 1 aliphatic carbocycles. The molecule has 1 saturated carbocycles. The summed E-state index contributed by atoms with van der Waals surface area (Å²) >= 11 is 6.28. The van der Waals surface area contributed by atoms with Gasteiger partial charge in [-0.2, -0.15) is 13.4 Å². The van der Waals surface area contributed by atoms with Crippen molar-refractivity contribution in [2.75, 3.05) is 6.54 Å². The van der Waals surface area contributed by atoms with Gasteiger partial charge in [0.1, 0.15) is 17.2 Å². The van der Waals surface area contributed by atoms with E-state index in [-0.39, 0.29) is 32.7 Å². The van der Waals surface area contributed by atoms with Crippen LogP contribution in [0.2, 0.25) is 5.02 Å². The lowest BCUT2D eigenvalue weighted by Crippen LogP contribution is -2.52. The fourth-order valence-corrected chi connectivity index (χ4v) is 6.57. The average Bonchev–Trinajstić information content (AvgIpc) is 3.20. The number of amides is 3. The Balaban J connectivity index is 1.39. The number of halogens is 1. The van der Waals surface area contributed by atoms with Crippen LogP contribution >= 0.6 is 11.6 Å². The zero-order valence-electron chi connectivity index (χ0n) is 23.0. The van der Waals surface area contributed by atoms with Crippen molar-refractivity contribution in [3.63, 3.8) is 0 Å². The number of hydrogen-bond acceptors (Lipinski definition) is 7. The highest BCUT2D eigenvalue weighted by Crippen LogP contribution is 2.41. The summed E-state index contributed by atoms with van der Waals surface area (Å²) in [4.78, 5) is 54.0. The molecule has 218 valence electrons. The van der Waals surface area contributed by atoms with Crippen molar-refractivity contribution >= 4 is 45.2 Å². The summed E-state index contributed by atoms with van der Waals surface area (Å²) in [6.07, 6.45) is 1.85. The van der Waals surface area contributed by atoms with Crippen molar-refractivity contribution in [2.24, 2.45) is 17.8 Å². The minimum Gasteiger partial charge on any atom is -0.379 e. The van der Waals surface area contributed by atoms with E-state index in [1.54, 1.807) is 24.3 Å². The molecule has 42 heavy (non-hydrogen) atoms. The SMILES string of the molecule is Cc1ccc(S(=O)(=O)Oc2ccc(C(=O)CN(C(=O)c3ccccc3Cl)N3C(=O)[C@@H]4CC[C@H](C)C[C@H]4C3=O)cc2)cc1. The van der Waals surface area contributed by atoms with Crippen molar-refractivity contribution in [3.8, 4) is 5.75 Å². The van der Waals surface area contributed by atoms with E-state index >= 15 is 0 Å². The van der Waals surface area contributed by atoms with Gasteiger partial charge < -0.3 is 4.18 Å². The maximum Gasteiger partial charge on any atom is 0.339 e. The number of benzene rings is 3. The number of carbonyl (C=O) groups is 4. The van der Waals surface area contributed by atoms with Crippen LogP contribution < -0.4 is 4.18 Å². The molecule has 0 spiro atoms. The number of ketones is 1. The molecule has 3 aromatic carbocycles. The number of Topliss-reactive ketones (excluding diaryl/α,β-unsaturated/α-hetero) is 1. The van der Waals surface area contributed by atoms with Gasteiger partial charge in [0.25, 0.3) is 17.7 Å². The third-order valence-electron chi connectivity index (χ3n) is 7.73. The largest absolute Gasteiger partial charge is 0.379 e. The number of hydrogen-bond donors (Lipinski definition) is 0. The first-order valence-corrected chi connectivity index (χ1v) is 15.3. The summed E-state index contributed by atoms with van der Waals surface area (Å²) in [7, 11) is -4.10. The summed E-state index contributed by atoms with van der Waals surface area (Å²) in [5.41, 5.74) is 1.06. The maximum atomic E-state index is 13.7. The van der Waals surface area contributed by atoms with Crippen molar-refractivity contribution in [2.45, 2.75) is 38.0 Å². The predicted octanol–water partition coefficient (Wildman–Crippen LogP) is 5.08. The summed E-state index contributed by atoms with van der Waals surface area (Å²) < 4.78 is 30.5. The zero-order valence-corrected chi connectivity index (χ0v) is 24.6. The number of carbonyl (C=O) groups excluding carboxylic acids is 4. The third-order valence-corrected chi connectivity index (χ3v) is 9.32. The monoisotopic (exact) mass is 608 g/mol. The maximum absolute atomic E-state index is 13.7. The molecule has 11 heteroatoms. The smallest absolute Gasteiger partial charge is 0.339 e. The first-order valence-electron chi connectivity index (χ1n) is 13.5. The Morgan fingerprint density at radius 1 is 0.929 bits per heavy atom. The minimum atomic E-state index is -4.10. The molecule has 2 aliphatic rings. The van der Waals surface area contributed by atoms with Crippen LogP contribution in [0.25, 0.3) is 0 Å². The lowest BCUT2D eigenvalue weighted by Gasteiger charge is -2.30. The van der Waals surface area contributed by atoms with Crippen LogP contribution in [0.3, 0.4) is 0 Å². The van der Waals surface area contributed by atoms with Gasteiger partial charge in [-0.25, -0.2) is 5.01 Å². The van der Waals surface area contributed by atoms with E-state index < -0.39 is 52.0 Å². The van der Waals surface area contributed by atoms with E-state index in [2.05, 4.69) is 0 Å². The highest BCUT2D eigenvalue weighted by Gasteiger charge is 2.53. The number of fused-ring (bicyclic) bond motifs is 1. The molecule has 0 radical (unpaired) electrons. The second-order valence-corrected chi connectivity index (χ2v) is 12.7. The second kappa shape index (κ2) is 11.7. The molecule has 2 fully saturated rings. The van der Waals surface area contributed by atoms with Crippen molar-refractivity contribution in [3.05, 3.63) is 94.5 Å². The quantitative estimate of drug-likeness (QED) is 0.199. The standard InChI is InChI=1S/C31H29ClN2O7S/c1-19-7-14-23(15-8-19)42(39,40)41-22-12-10-21(11-13-22)28(35)18-33(29(36)25-5-3-4-6-27(25)32)34-30(37)24-16-9-20(2)17-26(24)31(34)38/h3-8,10-15,20,24,26H,9,16-18H2,1-2H3/t20-,24+,26+/m0/s1. The molecule has 0 N–H and O–H groups in total. The molecule has 3 aromatic rings. The molecule has 3 atom stereocenters.